The van der Waals surface area contributed by atoms with E-state index >= 15 is 0 Å². The van der Waals surface area contributed by atoms with Crippen molar-refractivity contribution < 1.29 is 24.3 Å². The molecule has 30 heavy (non-hydrogen) atoms. The average molecular weight is 398 g/mol. The number of fused-ring (bicyclic) bond motifs is 2. The molecule has 7 nitrogen and oxygen atoms in total. The average Bonchev–Trinajstić information content (AvgIpc) is 3.15. The number of hydrogen-bond acceptors (Lipinski definition) is 5. The molecule has 3 aromatic rings. The maximum absolute atomic E-state index is 13.0. The molecule has 2 aliphatic heterocycles. The lowest BCUT2D eigenvalue weighted by Crippen LogP contribution is -2.29. The Morgan fingerprint density at radius 1 is 0.700 bits per heavy atom. The molecular weight excluding hydrogens is 384 g/mol. The van der Waals surface area contributed by atoms with Crippen LogP contribution in [0.3, 0.4) is 0 Å². The topological polar surface area (TPSA) is 104 Å². The van der Waals surface area contributed by atoms with E-state index < -0.39 is 23.6 Å². The van der Waals surface area contributed by atoms with E-state index in [1.54, 1.807) is 43.3 Å². The number of rotatable bonds is 2. The minimum absolute atomic E-state index is 0.0503. The molecule has 146 valence electrons. The second kappa shape index (κ2) is 6.12. The van der Waals surface area contributed by atoms with Crippen molar-refractivity contribution in [2.24, 2.45) is 0 Å². The van der Waals surface area contributed by atoms with Crippen LogP contribution in [0.4, 0.5) is 5.69 Å². The van der Waals surface area contributed by atoms with E-state index in [1.165, 1.54) is 18.2 Å². The summed E-state index contributed by atoms with van der Waals surface area (Å²) in [6.07, 6.45) is 0. The third-order valence-electron chi connectivity index (χ3n) is 5.38. The largest absolute Gasteiger partial charge is 0.508 e. The van der Waals surface area contributed by atoms with Crippen LogP contribution in [-0.4, -0.2) is 28.7 Å². The third kappa shape index (κ3) is 2.45. The maximum atomic E-state index is 13.0. The van der Waals surface area contributed by atoms with Gasteiger partial charge in [-0.2, -0.15) is 0 Å². The number of imide groups is 2. The Morgan fingerprint density at radius 2 is 1.30 bits per heavy atom. The van der Waals surface area contributed by atoms with Gasteiger partial charge in [-0.25, -0.2) is 4.90 Å². The standard InChI is InChI=1S/C23H14N2O5/c1-11-8-14(26)4-7-19(11)25-22(29)16-6-3-13(10-18(16)23(25)30)12-2-5-15-17(9-12)21(28)24-20(15)27/h2-10,26H,1H3,(H,24,27,28). The molecule has 2 heterocycles. The number of anilines is 1. The van der Waals surface area contributed by atoms with E-state index in [1.807, 2.05) is 0 Å². The monoisotopic (exact) mass is 398 g/mol. The summed E-state index contributed by atoms with van der Waals surface area (Å²) >= 11 is 0. The lowest BCUT2D eigenvalue weighted by molar-refractivity contribution is 0.0874. The molecule has 5 rings (SSSR count). The molecular formula is C23H14N2O5. The maximum Gasteiger partial charge on any atom is 0.266 e. The first-order chi connectivity index (χ1) is 14.3. The highest BCUT2D eigenvalue weighted by Gasteiger charge is 2.37. The molecule has 0 radical (unpaired) electrons. The number of nitrogens with zero attached hydrogens (tertiary/aromatic N) is 1. The van der Waals surface area contributed by atoms with Gasteiger partial charge in [-0.05, 0) is 66.1 Å². The van der Waals surface area contributed by atoms with Gasteiger partial charge < -0.3 is 5.11 Å². The lowest BCUT2D eigenvalue weighted by atomic mass is 9.97. The number of amides is 4. The third-order valence-corrected chi connectivity index (χ3v) is 5.38. The van der Waals surface area contributed by atoms with Gasteiger partial charge in [0.05, 0.1) is 27.9 Å². The highest BCUT2D eigenvalue weighted by Crippen LogP contribution is 2.34. The fourth-order valence-corrected chi connectivity index (χ4v) is 3.88. The SMILES string of the molecule is Cc1cc(O)ccc1N1C(=O)c2ccc(-c3ccc4c(c3)C(=O)NC4=O)cc2C1=O. The summed E-state index contributed by atoms with van der Waals surface area (Å²) < 4.78 is 0. The molecule has 0 spiro atoms. The molecule has 2 aliphatic rings. The molecule has 0 unspecified atom stereocenters. The number of aryl methyl sites for hydroxylation is 1. The molecule has 0 saturated heterocycles. The number of benzene rings is 3. The van der Waals surface area contributed by atoms with E-state index in [0.717, 1.165) is 4.90 Å². The van der Waals surface area contributed by atoms with Crippen molar-refractivity contribution >= 4 is 29.3 Å². The second-order valence-corrected chi connectivity index (χ2v) is 7.22. The normalized spacial score (nSPS) is 14.8. The number of nitrogens with one attached hydrogen (secondary N) is 1. The number of phenols is 1. The Morgan fingerprint density at radius 3 is 2.00 bits per heavy atom. The summed E-state index contributed by atoms with van der Waals surface area (Å²) in [7, 11) is 0. The smallest absolute Gasteiger partial charge is 0.266 e. The zero-order valence-corrected chi connectivity index (χ0v) is 15.7. The molecule has 2 N–H and O–H groups in total. The summed E-state index contributed by atoms with van der Waals surface area (Å²) in [6, 6.07) is 14.2. The fraction of sp³-hybridized carbons (Fsp3) is 0.0435. The zero-order chi connectivity index (χ0) is 21.2. The molecule has 0 aliphatic carbocycles. The van der Waals surface area contributed by atoms with E-state index in [0.29, 0.717) is 27.9 Å². The van der Waals surface area contributed by atoms with Crippen molar-refractivity contribution in [3.8, 4) is 16.9 Å². The molecule has 0 bridgehead atoms. The van der Waals surface area contributed by atoms with E-state index in [2.05, 4.69) is 5.32 Å². The summed E-state index contributed by atoms with van der Waals surface area (Å²) in [6.45, 7) is 1.71. The van der Waals surface area contributed by atoms with Gasteiger partial charge in [-0.3, -0.25) is 24.5 Å². The first-order valence-electron chi connectivity index (χ1n) is 9.18. The second-order valence-electron chi connectivity index (χ2n) is 7.22. The Hall–Kier alpha value is -4.26. The summed E-state index contributed by atoms with van der Waals surface area (Å²) in [5, 5.41) is 11.9. The Bertz CT molecular complexity index is 1330. The Balaban J connectivity index is 1.57. The van der Waals surface area contributed by atoms with Crippen molar-refractivity contribution in [1.29, 1.82) is 0 Å². The predicted octanol–water partition coefficient (Wildman–Crippen LogP) is 3.05. The highest BCUT2D eigenvalue weighted by atomic mass is 16.3. The molecule has 0 saturated carbocycles. The van der Waals surface area contributed by atoms with Crippen LogP contribution in [0.5, 0.6) is 5.75 Å². The Labute approximate surface area is 170 Å². The Kier molecular flexibility index (Phi) is 3.63. The van der Waals surface area contributed by atoms with Crippen LogP contribution < -0.4 is 10.2 Å². The summed E-state index contributed by atoms with van der Waals surface area (Å²) in [5.41, 5.74) is 3.44. The van der Waals surface area contributed by atoms with Gasteiger partial charge in [0, 0.05) is 0 Å². The van der Waals surface area contributed by atoms with Crippen molar-refractivity contribution in [2.45, 2.75) is 6.92 Å². The lowest BCUT2D eigenvalue weighted by Gasteiger charge is -2.16. The van der Waals surface area contributed by atoms with E-state index in [-0.39, 0.29) is 22.4 Å². The van der Waals surface area contributed by atoms with E-state index in [9.17, 15) is 24.3 Å². The molecule has 7 heteroatoms. The van der Waals surface area contributed by atoms with Gasteiger partial charge in [-0.1, -0.05) is 12.1 Å². The van der Waals surface area contributed by atoms with Gasteiger partial charge in [0.1, 0.15) is 5.75 Å². The van der Waals surface area contributed by atoms with Gasteiger partial charge in [0.25, 0.3) is 23.6 Å². The summed E-state index contributed by atoms with van der Waals surface area (Å²) in [5.74, 6) is -1.74. The number of carbonyl (C=O) groups is 4. The van der Waals surface area contributed by atoms with E-state index in [4.69, 9.17) is 0 Å². The minimum atomic E-state index is -0.460. The highest BCUT2D eigenvalue weighted by molar-refractivity contribution is 6.35. The van der Waals surface area contributed by atoms with Crippen LogP contribution in [0.25, 0.3) is 11.1 Å². The van der Waals surface area contributed by atoms with Crippen molar-refractivity contribution in [1.82, 2.24) is 5.32 Å². The molecule has 3 aromatic carbocycles. The fourth-order valence-electron chi connectivity index (χ4n) is 3.88. The zero-order valence-electron chi connectivity index (χ0n) is 15.7. The van der Waals surface area contributed by atoms with Crippen LogP contribution in [-0.2, 0) is 0 Å². The van der Waals surface area contributed by atoms with Crippen molar-refractivity contribution in [3.63, 3.8) is 0 Å². The summed E-state index contributed by atoms with van der Waals surface area (Å²) in [4.78, 5) is 50.7. The number of hydrogen-bond donors (Lipinski definition) is 2. The molecule has 0 fully saturated rings. The predicted molar refractivity (Wildman–Crippen MR) is 108 cm³/mol. The minimum Gasteiger partial charge on any atom is -0.508 e. The number of carbonyl (C=O) groups excluding carboxylic acids is 4. The van der Waals surface area contributed by atoms with Crippen LogP contribution >= 0.6 is 0 Å². The number of aromatic hydroxyl groups is 1. The van der Waals surface area contributed by atoms with Crippen LogP contribution in [0.2, 0.25) is 0 Å². The van der Waals surface area contributed by atoms with Gasteiger partial charge in [-0.15, -0.1) is 0 Å². The van der Waals surface area contributed by atoms with Crippen molar-refractivity contribution in [2.75, 3.05) is 4.90 Å². The van der Waals surface area contributed by atoms with Gasteiger partial charge >= 0.3 is 0 Å². The van der Waals surface area contributed by atoms with Crippen molar-refractivity contribution in [3.05, 3.63) is 82.4 Å². The van der Waals surface area contributed by atoms with Crippen LogP contribution in [0.1, 0.15) is 47.0 Å². The van der Waals surface area contributed by atoms with Gasteiger partial charge in [0.15, 0.2) is 0 Å². The van der Waals surface area contributed by atoms with Crippen LogP contribution in [0, 0.1) is 6.92 Å². The first kappa shape index (κ1) is 17.8. The molecule has 0 atom stereocenters. The quantitative estimate of drug-likeness (QED) is 0.646. The molecule has 0 aromatic heterocycles. The van der Waals surface area contributed by atoms with Crippen LogP contribution in [0.15, 0.2) is 54.6 Å². The van der Waals surface area contributed by atoms with Gasteiger partial charge in [0.2, 0.25) is 0 Å². The molecule has 4 amide bonds. The number of phenolic OH excluding ortho intramolecular Hbond substituents is 1. The first-order valence-corrected chi connectivity index (χ1v) is 9.18.